The Morgan fingerprint density at radius 2 is 1.92 bits per heavy atom. The van der Waals surface area contributed by atoms with Gasteiger partial charge in [-0.05, 0) is 66.0 Å². The number of aromatic amines is 1. The molecule has 0 saturated heterocycles. The molecule has 39 heavy (non-hydrogen) atoms. The van der Waals surface area contributed by atoms with Gasteiger partial charge in [0.15, 0.2) is 11.6 Å². The normalized spacial score (nSPS) is 13.0. The first kappa shape index (κ1) is 26.1. The second-order valence-electron chi connectivity index (χ2n) is 8.45. The number of nitrogens with zero attached hydrogens (tertiary/aromatic N) is 3. The minimum atomic E-state index is -1.67. The van der Waals surface area contributed by atoms with Crippen LogP contribution in [-0.2, 0) is 0 Å². The fraction of sp³-hybridized carbons (Fsp3) is 0.0714. The van der Waals surface area contributed by atoms with Gasteiger partial charge >= 0.3 is 0 Å². The summed E-state index contributed by atoms with van der Waals surface area (Å²) in [4.78, 5) is 16.2. The third kappa shape index (κ3) is 5.69. The van der Waals surface area contributed by atoms with E-state index in [9.17, 15) is 13.9 Å². The third-order valence-corrected chi connectivity index (χ3v) is 6.75. The van der Waals surface area contributed by atoms with Gasteiger partial charge in [0.2, 0.25) is 0 Å². The maximum Gasteiger partial charge on any atom is 0.156 e. The second-order valence-corrected chi connectivity index (χ2v) is 9.33. The molecule has 196 valence electrons. The Morgan fingerprint density at radius 3 is 2.69 bits per heavy atom. The average Bonchev–Trinajstić information content (AvgIpc) is 3.37. The Bertz CT molecular complexity index is 1660. The molecule has 2 unspecified atom stereocenters. The quantitative estimate of drug-likeness (QED) is 0.121. The van der Waals surface area contributed by atoms with Crippen molar-refractivity contribution in [3.8, 4) is 0 Å². The summed E-state index contributed by atoms with van der Waals surface area (Å²) in [6.45, 7) is 0. The molecular weight excluding hydrogens is 525 g/mol. The molecule has 0 fully saturated rings. The SMILES string of the molecule is N=CC(C=Nc1ccccn1)c1cnc2[nH]cc(C(O)c3c(F)ccc(NSc4cccc(F)c4)c3F)c2c1. The first-order valence-corrected chi connectivity index (χ1v) is 12.5. The van der Waals surface area contributed by atoms with Gasteiger partial charge in [-0.25, -0.2) is 28.1 Å². The van der Waals surface area contributed by atoms with Crippen LogP contribution in [0.3, 0.4) is 0 Å². The van der Waals surface area contributed by atoms with E-state index in [1.807, 2.05) is 0 Å². The molecule has 5 aromatic rings. The molecule has 7 nitrogen and oxygen atoms in total. The van der Waals surface area contributed by atoms with Crippen LogP contribution in [0.25, 0.3) is 11.0 Å². The van der Waals surface area contributed by atoms with Crippen molar-refractivity contribution in [2.24, 2.45) is 4.99 Å². The Morgan fingerprint density at radius 1 is 1.05 bits per heavy atom. The van der Waals surface area contributed by atoms with Crippen molar-refractivity contribution >= 4 is 46.9 Å². The maximum absolute atomic E-state index is 15.5. The smallest absolute Gasteiger partial charge is 0.156 e. The van der Waals surface area contributed by atoms with Crippen LogP contribution in [-0.4, -0.2) is 32.5 Å². The summed E-state index contributed by atoms with van der Waals surface area (Å²) >= 11 is 0.950. The van der Waals surface area contributed by atoms with Gasteiger partial charge in [-0.3, -0.25) is 0 Å². The zero-order valence-corrected chi connectivity index (χ0v) is 21.0. The van der Waals surface area contributed by atoms with E-state index in [-0.39, 0.29) is 11.3 Å². The molecule has 4 N–H and O–H groups in total. The van der Waals surface area contributed by atoms with Crippen LogP contribution in [0, 0.1) is 22.9 Å². The van der Waals surface area contributed by atoms with Crippen LogP contribution in [0.1, 0.15) is 28.7 Å². The number of hydrogen-bond donors (Lipinski definition) is 4. The minimum Gasteiger partial charge on any atom is -0.383 e. The van der Waals surface area contributed by atoms with Crippen molar-refractivity contribution in [3.63, 3.8) is 0 Å². The minimum absolute atomic E-state index is 0.0760. The van der Waals surface area contributed by atoms with Gasteiger partial charge in [-0.1, -0.05) is 12.1 Å². The number of rotatable bonds is 9. The van der Waals surface area contributed by atoms with Crippen molar-refractivity contribution in [1.29, 1.82) is 5.41 Å². The number of pyridine rings is 2. The van der Waals surface area contributed by atoms with E-state index in [0.717, 1.165) is 18.0 Å². The standard InChI is InChI=1S/C28H21F3N6OS/c29-18-4-3-5-19(11-18)39-37-23-8-7-22(30)25(26(23)31)27(38)21-15-36-28-20(21)10-16(13-35-28)17(12-32)14-34-24-6-1-2-9-33-24/h1-15,17,27,32,37-38H,(H,35,36). The number of halogens is 3. The molecule has 2 aromatic carbocycles. The molecule has 0 saturated carbocycles. The van der Waals surface area contributed by atoms with E-state index in [0.29, 0.717) is 27.3 Å². The summed E-state index contributed by atoms with van der Waals surface area (Å²) in [5.74, 6) is -2.43. The number of hydrogen-bond acceptors (Lipinski definition) is 7. The summed E-state index contributed by atoms with van der Waals surface area (Å²) in [6.07, 6.45) is 5.67. The van der Waals surface area contributed by atoms with Crippen LogP contribution in [0.15, 0.2) is 89.1 Å². The van der Waals surface area contributed by atoms with Crippen LogP contribution < -0.4 is 4.72 Å². The molecule has 0 aliphatic rings. The number of nitrogens with one attached hydrogen (secondary N) is 3. The molecule has 11 heteroatoms. The van der Waals surface area contributed by atoms with Crippen LogP contribution in [0.4, 0.5) is 24.7 Å². The van der Waals surface area contributed by atoms with Crippen LogP contribution >= 0.6 is 11.9 Å². The average molecular weight is 547 g/mol. The topological polar surface area (TPSA) is 110 Å². The molecule has 0 aliphatic carbocycles. The van der Waals surface area contributed by atoms with E-state index < -0.39 is 35.0 Å². The number of aliphatic hydroxyl groups excluding tert-OH is 1. The van der Waals surface area contributed by atoms with Gasteiger partial charge in [0.05, 0.1) is 17.2 Å². The lowest BCUT2D eigenvalue weighted by atomic mass is 9.97. The third-order valence-electron chi connectivity index (χ3n) is 5.93. The molecule has 0 aliphatic heterocycles. The highest BCUT2D eigenvalue weighted by molar-refractivity contribution is 8.00. The van der Waals surface area contributed by atoms with Gasteiger partial charge in [0.1, 0.15) is 23.4 Å². The lowest BCUT2D eigenvalue weighted by molar-refractivity contribution is 0.211. The highest BCUT2D eigenvalue weighted by Gasteiger charge is 2.25. The Labute approximate surface area is 225 Å². The van der Waals surface area contributed by atoms with Crippen molar-refractivity contribution < 1.29 is 18.3 Å². The van der Waals surface area contributed by atoms with Crippen molar-refractivity contribution in [2.45, 2.75) is 16.9 Å². The highest BCUT2D eigenvalue weighted by Crippen LogP contribution is 2.35. The lowest BCUT2D eigenvalue weighted by Crippen LogP contribution is -2.08. The predicted molar refractivity (Wildman–Crippen MR) is 146 cm³/mol. The predicted octanol–water partition coefficient (Wildman–Crippen LogP) is 6.71. The van der Waals surface area contributed by atoms with Crippen LogP contribution in [0.5, 0.6) is 0 Å². The zero-order valence-electron chi connectivity index (χ0n) is 20.1. The summed E-state index contributed by atoms with van der Waals surface area (Å²) in [5.41, 5.74) is 0.569. The van der Waals surface area contributed by atoms with E-state index in [2.05, 4.69) is 24.7 Å². The van der Waals surface area contributed by atoms with Gasteiger partial charge in [-0.15, -0.1) is 0 Å². The van der Waals surface area contributed by atoms with Gasteiger partial charge in [-0.2, -0.15) is 0 Å². The largest absolute Gasteiger partial charge is 0.383 e. The number of aliphatic hydroxyl groups is 1. The Balaban J connectivity index is 1.45. The van der Waals surface area contributed by atoms with Crippen molar-refractivity contribution in [3.05, 3.63) is 113 Å². The Kier molecular flexibility index (Phi) is 7.71. The summed E-state index contributed by atoms with van der Waals surface area (Å²) < 4.78 is 46.5. The molecule has 0 bridgehead atoms. The fourth-order valence-corrected chi connectivity index (χ4v) is 4.66. The summed E-state index contributed by atoms with van der Waals surface area (Å²) in [7, 11) is 0. The number of H-pyrrole nitrogens is 1. The first-order valence-electron chi connectivity index (χ1n) is 11.7. The maximum atomic E-state index is 15.5. The van der Waals surface area contributed by atoms with Crippen LogP contribution in [0.2, 0.25) is 0 Å². The molecule has 0 amide bonds. The number of fused-ring (bicyclic) bond motifs is 1. The van der Waals surface area contributed by atoms with Crippen molar-refractivity contribution in [1.82, 2.24) is 15.0 Å². The second kappa shape index (κ2) is 11.5. The molecule has 0 radical (unpaired) electrons. The van der Waals surface area contributed by atoms with Crippen molar-refractivity contribution in [2.75, 3.05) is 4.72 Å². The number of anilines is 1. The molecule has 2 atom stereocenters. The van der Waals surface area contributed by atoms with Gasteiger partial charge < -0.3 is 20.2 Å². The summed E-state index contributed by atoms with van der Waals surface area (Å²) in [6, 6.07) is 14.9. The van der Waals surface area contributed by atoms with E-state index in [1.54, 1.807) is 48.9 Å². The van der Waals surface area contributed by atoms with E-state index in [1.165, 1.54) is 36.7 Å². The number of aliphatic imine (C=N–C) groups is 1. The first-order chi connectivity index (χ1) is 18.9. The highest BCUT2D eigenvalue weighted by atomic mass is 32.2. The molecule has 5 rings (SSSR count). The molecular formula is C28H21F3N6OS. The molecule has 3 heterocycles. The Hall–Kier alpha value is -4.48. The van der Waals surface area contributed by atoms with E-state index in [4.69, 9.17) is 5.41 Å². The van der Waals surface area contributed by atoms with Gasteiger partial charge in [0, 0.05) is 46.9 Å². The zero-order chi connectivity index (χ0) is 27.4. The van der Waals surface area contributed by atoms with Gasteiger partial charge in [0.25, 0.3) is 0 Å². The monoisotopic (exact) mass is 546 g/mol. The fourth-order valence-electron chi connectivity index (χ4n) is 3.96. The lowest BCUT2D eigenvalue weighted by Gasteiger charge is -2.16. The number of benzene rings is 2. The molecule has 3 aromatic heterocycles. The summed E-state index contributed by atoms with van der Waals surface area (Å²) in [5, 5.41) is 19.4. The number of aromatic nitrogens is 3. The van der Waals surface area contributed by atoms with E-state index >= 15 is 4.39 Å². The molecule has 0 spiro atoms.